The van der Waals surface area contributed by atoms with E-state index >= 15 is 0 Å². The molecule has 9 nitrogen and oxygen atoms in total. The molecule has 11 heteroatoms. The SMILES string of the molecule is CC(C)NS(=O)(=O)c1ccc(NC(=O)[C@@H](C)OC(=O)C[C@@H]2Sc3ccccc3NC2=O)cc1. The molecule has 0 fully saturated rings. The smallest absolute Gasteiger partial charge is 0.308 e. The number of benzene rings is 2. The third kappa shape index (κ3) is 6.56. The molecule has 176 valence electrons. The Balaban J connectivity index is 1.53. The minimum Gasteiger partial charge on any atom is -0.452 e. The fourth-order valence-electron chi connectivity index (χ4n) is 3.02. The molecule has 2 amide bonds. The fourth-order valence-corrected chi connectivity index (χ4v) is 5.36. The lowest BCUT2D eigenvalue weighted by Crippen LogP contribution is -2.34. The number of amides is 2. The van der Waals surface area contributed by atoms with E-state index in [0.29, 0.717) is 11.4 Å². The molecule has 0 saturated carbocycles. The van der Waals surface area contributed by atoms with Crippen LogP contribution in [0.25, 0.3) is 0 Å². The van der Waals surface area contributed by atoms with Crippen molar-refractivity contribution in [3.63, 3.8) is 0 Å². The number of rotatable bonds is 8. The molecule has 0 aromatic heterocycles. The summed E-state index contributed by atoms with van der Waals surface area (Å²) in [6.45, 7) is 4.85. The van der Waals surface area contributed by atoms with E-state index in [1.54, 1.807) is 19.9 Å². The van der Waals surface area contributed by atoms with Gasteiger partial charge in [0.1, 0.15) is 0 Å². The zero-order chi connectivity index (χ0) is 24.2. The quantitative estimate of drug-likeness (QED) is 0.484. The summed E-state index contributed by atoms with van der Waals surface area (Å²) in [6.07, 6.45) is -1.29. The Hall–Kier alpha value is -2.89. The maximum absolute atomic E-state index is 12.4. The number of carbonyl (C=O) groups is 3. The van der Waals surface area contributed by atoms with Gasteiger partial charge < -0.3 is 15.4 Å². The summed E-state index contributed by atoms with van der Waals surface area (Å²) in [5, 5.41) is 4.68. The zero-order valence-electron chi connectivity index (χ0n) is 18.3. The molecule has 2 aromatic rings. The number of thioether (sulfide) groups is 1. The highest BCUT2D eigenvalue weighted by molar-refractivity contribution is 8.01. The molecule has 1 aliphatic heterocycles. The molecule has 0 spiro atoms. The molecule has 3 N–H and O–H groups in total. The van der Waals surface area contributed by atoms with E-state index in [-0.39, 0.29) is 23.3 Å². The number of carbonyl (C=O) groups excluding carboxylic acids is 3. The molecule has 0 bridgehead atoms. The monoisotopic (exact) mass is 491 g/mol. The molecule has 0 unspecified atom stereocenters. The van der Waals surface area contributed by atoms with Crippen molar-refractivity contribution in [2.75, 3.05) is 10.6 Å². The Morgan fingerprint density at radius 2 is 1.76 bits per heavy atom. The predicted octanol–water partition coefficient (Wildman–Crippen LogP) is 2.75. The predicted molar refractivity (Wildman–Crippen MR) is 125 cm³/mol. The summed E-state index contributed by atoms with van der Waals surface area (Å²) in [5.41, 5.74) is 1.05. The highest BCUT2D eigenvalue weighted by Gasteiger charge is 2.30. The topological polar surface area (TPSA) is 131 Å². The lowest BCUT2D eigenvalue weighted by atomic mass is 10.2. The summed E-state index contributed by atoms with van der Waals surface area (Å²) in [4.78, 5) is 37.9. The third-order valence-corrected chi connectivity index (χ3v) is 7.51. The number of hydrogen-bond donors (Lipinski definition) is 3. The van der Waals surface area contributed by atoms with Gasteiger partial charge in [-0.05, 0) is 57.2 Å². The van der Waals surface area contributed by atoms with Crippen LogP contribution in [0.4, 0.5) is 11.4 Å². The Morgan fingerprint density at radius 3 is 2.42 bits per heavy atom. The van der Waals surface area contributed by atoms with Crippen LogP contribution in [0.1, 0.15) is 27.2 Å². The average molecular weight is 492 g/mol. The van der Waals surface area contributed by atoms with Crippen molar-refractivity contribution in [3.8, 4) is 0 Å². The van der Waals surface area contributed by atoms with E-state index in [0.717, 1.165) is 4.90 Å². The van der Waals surface area contributed by atoms with Crippen LogP contribution in [0.3, 0.4) is 0 Å². The van der Waals surface area contributed by atoms with Gasteiger partial charge in [-0.15, -0.1) is 11.8 Å². The van der Waals surface area contributed by atoms with Crippen LogP contribution in [-0.2, 0) is 29.1 Å². The second-order valence-corrected chi connectivity index (χ2v) is 10.7. The zero-order valence-corrected chi connectivity index (χ0v) is 20.0. The van der Waals surface area contributed by atoms with Gasteiger partial charge in [-0.1, -0.05) is 12.1 Å². The highest BCUT2D eigenvalue weighted by atomic mass is 32.2. The standard InChI is InChI=1S/C22H25N3O6S2/c1-13(2)25-33(29,30)16-10-8-15(9-11-16)23-21(27)14(3)31-20(26)12-19-22(28)24-17-6-4-5-7-18(17)32-19/h4-11,13-14,19,25H,12H2,1-3H3,(H,23,27)(H,24,28)/t14-,19+/m1/s1. The van der Waals surface area contributed by atoms with Crippen LogP contribution < -0.4 is 15.4 Å². The fraction of sp³-hybridized carbons (Fsp3) is 0.318. The van der Waals surface area contributed by atoms with Gasteiger partial charge in [0, 0.05) is 16.6 Å². The molecule has 1 aliphatic rings. The Bertz CT molecular complexity index is 1150. The number of sulfonamides is 1. The summed E-state index contributed by atoms with van der Waals surface area (Å²) in [6, 6.07) is 12.7. The second kappa shape index (κ2) is 10.4. The molecular formula is C22H25N3O6S2. The second-order valence-electron chi connectivity index (χ2n) is 7.72. The van der Waals surface area contributed by atoms with Crippen LogP contribution >= 0.6 is 11.8 Å². The van der Waals surface area contributed by atoms with Crippen molar-refractivity contribution < 1.29 is 27.5 Å². The maximum atomic E-state index is 12.4. The molecule has 0 saturated heterocycles. The van der Waals surface area contributed by atoms with Crippen LogP contribution in [0.15, 0.2) is 58.3 Å². The average Bonchev–Trinajstić information content (AvgIpc) is 2.73. The van der Waals surface area contributed by atoms with Crippen molar-refractivity contribution in [1.82, 2.24) is 4.72 Å². The highest BCUT2D eigenvalue weighted by Crippen LogP contribution is 2.36. The number of fused-ring (bicyclic) bond motifs is 1. The molecule has 1 heterocycles. The van der Waals surface area contributed by atoms with Gasteiger partial charge in [-0.2, -0.15) is 0 Å². The first-order valence-electron chi connectivity index (χ1n) is 10.2. The third-order valence-electron chi connectivity index (χ3n) is 4.56. The molecular weight excluding hydrogens is 466 g/mol. The van der Waals surface area contributed by atoms with E-state index in [2.05, 4.69) is 15.4 Å². The van der Waals surface area contributed by atoms with Gasteiger partial charge in [0.15, 0.2) is 6.10 Å². The normalized spacial score (nSPS) is 16.5. The summed E-state index contributed by atoms with van der Waals surface area (Å²) < 4.78 is 32.0. The molecule has 2 aromatic carbocycles. The minimum absolute atomic E-state index is 0.0681. The van der Waals surface area contributed by atoms with Crippen molar-refractivity contribution in [3.05, 3.63) is 48.5 Å². The van der Waals surface area contributed by atoms with Crippen LogP contribution in [0, 0.1) is 0 Å². The van der Waals surface area contributed by atoms with Gasteiger partial charge in [0.2, 0.25) is 15.9 Å². The van der Waals surface area contributed by atoms with Crippen molar-refractivity contribution in [2.24, 2.45) is 0 Å². The van der Waals surface area contributed by atoms with E-state index in [1.807, 2.05) is 18.2 Å². The number of nitrogens with one attached hydrogen (secondary N) is 3. The number of para-hydroxylation sites is 1. The number of esters is 1. The van der Waals surface area contributed by atoms with Crippen LogP contribution in [-0.4, -0.2) is 43.6 Å². The van der Waals surface area contributed by atoms with Gasteiger partial charge in [0.25, 0.3) is 5.91 Å². The van der Waals surface area contributed by atoms with Gasteiger partial charge >= 0.3 is 5.97 Å². The Labute approximate surface area is 196 Å². The largest absolute Gasteiger partial charge is 0.452 e. The molecule has 33 heavy (non-hydrogen) atoms. The molecule has 2 atom stereocenters. The summed E-state index contributed by atoms with van der Waals surface area (Å²) >= 11 is 1.27. The van der Waals surface area contributed by atoms with E-state index in [1.165, 1.54) is 43.0 Å². The summed E-state index contributed by atoms with van der Waals surface area (Å²) in [5.74, 6) is -1.55. The van der Waals surface area contributed by atoms with E-state index in [9.17, 15) is 22.8 Å². The molecule has 0 aliphatic carbocycles. The first-order chi connectivity index (χ1) is 15.5. The number of anilines is 2. The number of hydrogen-bond acceptors (Lipinski definition) is 7. The first kappa shape index (κ1) is 24.7. The van der Waals surface area contributed by atoms with Crippen molar-refractivity contribution >= 4 is 50.9 Å². The Morgan fingerprint density at radius 1 is 1.09 bits per heavy atom. The minimum atomic E-state index is -3.64. The molecule has 3 rings (SSSR count). The lowest BCUT2D eigenvalue weighted by Gasteiger charge is -2.23. The Kier molecular flexibility index (Phi) is 7.77. The first-order valence-corrected chi connectivity index (χ1v) is 12.6. The van der Waals surface area contributed by atoms with E-state index in [4.69, 9.17) is 4.74 Å². The van der Waals surface area contributed by atoms with Crippen LogP contribution in [0.5, 0.6) is 0 Å². The van der Waals surface area contributed by atoms with Crippen molar-refractivity contribution in [1.29, 1.82) is 0 Å². The molecule has 0 radical (unpaired) electrons. The maximum Gasteiger partial charge on any atom is 0.308 e. The lowest BCUT2D eigenvalue weighted by molar-refractivity contribution is -0.153. The van der Waals surface area contributed by atoms with Gasteiger partial charge in [-0.25, -0.2) is 13.1 Å². The van der Waals surface area contributed by atoms with Crippen molar-refractivity contribution in [2.45, 2.75) is 54.4 Å². The van der Waals surface area contributed by atoms with Gasteiger partial charge in [0.05, 0.1) is 22.3 Å². The van der Waals surface area contributed by atoms with Gasteiger partial charge in [-0.3, -0.25) is 14.4 Å². The van der Waals surface area contributed by atoms with E-state index < -0.39 is 33.3 Å². The van der Waals surface area contributed by atoms with Crippen LogP contribution in [0.2, 0.25) is 0 Å². The number of ether oxygens (including phenoxy) is 1. The summed E-state index contributed by atoms with van der Waals surface area (Å²) in [7, 11) is -3.64.